The number of benzene rings is 2. The van der Waals surface area contributed by atoms with E-state index in [1.807, 2.05) is 32.0 Å². The molecule has 5 nitrogen and oxygen atoms in total. The van der Waals surface area contributed by atoms with Crippen LogP contribution in [0.3, 0.4) is 0 Å². The maximum absolute atomic E-state index is 12.1. The monoisotopic (exact) mass is 538 g/mol. The summed E-state index contributed by atoms with van der Waals surface area (Å²) >= 11 is 6.65. The van der Waals surface area contributed by atoms with Gasteiger partial charge in [-0.2, -0.15) is 0 Å². The predicted molar refractivity (Wildman–Crippen MR) is 147 cm³/mol. The molecule has 2 aromatic rings. The first-order valence-electron chi connectivity index (χ1n) is 14.0. The lowest BCUT2D eigenvalue weighted by Crippen LogP contribution is -2.52. The quantitative estimate of drug-likeness (QED) is 0.345. The molecule has 3 aliphatic rings. The molecule has 1 saturated heterocycles. The molecular formula is C32H39ClO5. The summed E-state index contributed by atoms with van der Waals surface area (Å²) in [4.78, 5) is 24.0. The number of hydrogen-bond acceptors (Lipinski definition) is 5. The maximum Gasteiger partial charge on any atom is 0.303 e. The zero-order valence-corrected chi connectivity index (χ0v) is 23.6. The Kier molecular flexibility index (Phi) is 7.89. The molecule has 5 atom stereocenters. The molecule has 5 rings (SSSR count). The van der Waals surface area contributed by atoms with Crippen LogP contribution in [0.5, 0.6) is 0 Å². The van der Waals surface area contributed by atoms with Gasteiger partial charge in [0.1, 0.15) is 12.2 Å². The molecule has 0 aromatic heterocycles. The summed E-state index contributed by atoms with van der Waals surface area (Å²) in [6, 6.07) is 14.8. The molecular weight excluding hydrogens is 500 g/mol. The van der Waals surface area contributed by atoms with Gasteiger partial charge in [0.2, 0.25) is 0 Å². The van der Waals surface area contributed by atoms with Crippen molar-refractivity contribution >= 4 is 23.5 Å². The minimum absolute atomic E-state index is 0.121. The lowest BCUT2D eigenvalue weighted by atomic mass is 9.51. The molecule has 1 spiro atoms. The van der Waals surface area contributed by atoms with Crippen molar-refractivity contribution in [3.63, 3.8) is 0 Å². The Morgan fingerprint density at radius 3 is 2.18 bits per heavy atom. The fourth-order valence-electron chi connectivity index (χ4n) is 6.84. The Balaban J connectivity index is 1.36. The average molecular weight is 539 g/mol. The molecule has 1 aliphatic heterocycles. The summed E-state index contributed by atoms with van der Waals surface area (Å²) in [5.74, 6) is -0.256. The summed E-state index contributed by atoms with van der Waals surface area (Å²) in [6.07, 6.45) is 6.30. The van der Waals surface area contributed by atoms with Crippen molar-refractivity contribution in [1.82, 2.24) is 0 Å². The topological polar surface area (TPSA) is 61.8 Å². The zero-order valence-electron chi connectivity index (χ0n) is 22.9. The van der Waals surface area contributed by atoms with Gasteiger partial charge in [-0.25, -0.2) is 0 Å². The minimum atomic E-state index is -0.746. The van der Waals surface area contributed by atoms with Crippen LogP contribution in [-0.4, -0.2) is 30.3 Å². The first-order valence-corrected chi connectivity index (χ1v) is 14.4. The van der Waals surface area contributed by atoms with Crippen LogP contribution >= 0.6 is 11.6 Å². The maximum atomic E-state index is 12.1. The molecule has 38 heavy (non-hydrogen) atoms. The van der Waals surface area contributed by atoms with Crippen molar-refractivity contribution < 1.29 is 23.8 Å². The van der Waals surface area contributed by atoms with E-state index in [0.717, 1.165) is 17.5 Å². The van der Waals surface area contributed by atoms with E-state index >= 15 is 0 Å². The smallest absolute Gasteiger partial charge is 0.303 e. The molecule has 0 bridgehead atoms. The third-order valence-corrected chi connectivity index (χ3v) is 9.44. The minimum Gasteiger partial charge on any atom is -0.458 e. The van der Waals surface area contributed by atoms with Crippen LogP contribution in [0, 0.1) is 11.3 Å². The highest BCUT2D eigenvalue weighted by molar-refractivity contribution is 6.31. The lowest BCUT2D eigenvalue weighted by Gasteiger charge is -2.54. The van der Waals surface area contributed by atoms with Crippen LogP contribution < -0.4 is 0 Å². The van der Waals surface area contributed by atoms with Gasteiger partial charge in [-0.15, -0.1) is 0 Å². The molecule has 1 unspecified atom stereocenters. The molecule has 0 N–H and O–H groups in total. The molecule has 2 aromatic carbocycles. The molecule has 3 fully saturated rings. The SMILES string of the molecule is CC[C@H]1OC(c2ccc(Cl)c(Cc3ccc(C4CC5(CCC5)C4)cc3)c2)[C@H](OC(C)=O)[C@@H](OC(C)=O)[C@@H]1C. The second-order valence-electron chi connectivity index (χ2n) is 11.7. The number of esters is 2. The number of carbonyl (C=O) groups excluding carboxylic acids is 2. The van der Waals surface area contributed by atoms with Gasteiger partial charge < -0.3 is 14.2 Å². The Bertz CT molecular complexity index is 1160. The highest BCUT2D eigenvalue weighted by atomic mass is 35.5. The molecule has 0 amide bonds. The molecule has 1 heterocycles. The van der Waals surface area contributed by atoms with Crippen molar-refractivity contribution in [2.24, 2.45) is 11.3 Å². The Labute approximate surface area is 231 Å². The van der Waals surface area contributed by atoms with Crippen molar-refractivity contribution in [3.8, 4) is 0 Å². The van der Waals surface area contributed by atoms with Gasteiger partial charge in [-0.3, -0.25) is 9.59 Å². The second-order valence-corrected chi connectivity index (χ2v) is 12.1. The van der Waals surface area contributed by atoms with E-state index in [1.165, 1.54) is 57.1 Å². The number of hydrogen-bond donors (Lipinski definition) is 0. The van der Waals surface area contributed by atoms with E-state index in [4.69, 9.17) is 25.8 Å². The normalized spacial score (nSPS) is 28.3. The van der Waals surface area contributed by atoms with Crippen LogP contribution in [0.4, 0.5) is 0 Å². The van der Waals surface area contributed by atoms with Gasteiger partial charge in [0.15, 0.2) is 6.10 Å². The first kappa shape index (κ1) is 27.2. The summed E-state index contributed by atoms with van der Waals surface area (Å²) in [5.41, 5.74) is 5.16. The summed E-state index contributed by atoms with van der Waals surface area (Å²) in [5, 5.41) is 0.681. The molecule has 2 aliphatic carbocycles. The summed E-state index contributed by atoms with van der Waals surface area (Å²) < 4.78 is 17.9. The van der Waals surface area contributed by atoms with Crippen LogP contribution in [0.2, 0.25) is 5.02 Å². The number of carbonyl (C=O) groups is 2. The third kappa shape index (κ3) is 5.51. The van der Waals surface area contributed by atoms with Crippen LogP contribution in [-0.2, 0) is 30.2 Å². The van der Waals surface area contributed by atoms with E-state index in [1.54, 1.807) is 0 Å². The van der Waals surface area contributed by atoms with Gasteiger partial charge in [0.25, 0.3) is 0 Å². The molecule has 6 heteroatoms. The van der Waals surface area contributed by atoms with E-state index in [-0.39, 0.29) is 12.0 Å². The highest BCUT2D eigenvalue weighted by Crippen LogP contribution is 2.61. The zero-order chi connectivity index (χ0) is 27.0. The second kappa shape index (κ2) is 11.0. The fourth-order valence-corrected chi connectivity index (χ4v) is 7.02. The van der Waals surface area contributed by atoms with Crippen LogP contribution in [0.15, 0.2) is 42.5 Å². The Hall–Kier alpha value is -2.37. The van der Waals surface area contributed by atoms with Crippen LogP contribution in [0.25, 0.3) is 0 Å². The van der Waals surface area contributed by atoms with Gasteiger partial charge in [-0.1, -0.05) is 68.3 Å². The predicted octanol–water partition coefficient (Wildman–Crippen LogP) is 7.33. The van der Waals surface area contributed by atoms with Gasteiger partial charge in [0.05, 0.1) is 6.10 Å². The van der Waals surface area contributed by atoms with Crippen molar-refractivity contribution in [2.45, 2.75) is 103 Å². The molecule has 2 saturated carbocycles. The molecule has 204 valence electrons. The van der Waals surface area contributed by atoms with Crippen molar-refractivity contribution in [3.05, 3.63) is 69.7 Å². The Morgan fingerprint density at radius 2 is 1.61 bits per heavy atom. The van der Waals surface area contributed by atoms with Gasteiger partial charge in [0, 0.05) is 24.8 Å². The molecule has 0 radical (unpaired) electrons. The number of halogens is 1. The first-order chi connectivity index (χ1) is 18.2. The number of ether oxygens (including phenoxy) is 3. The van der Waals surface area contributed by atoms with Gasteiger partial charge in [-0.05, 0) is 78.2 Å². The highest BCUT2D eigenvalue weighted by Gasteiger charge is 2.49. The van der Waals surface area contributed by atoms with Gasteiger partial charge >= 0.3 is 11.9 Å². The van der Waals surface area contributed by atoms with E-state index in [2.05, 4.69) is 24.3 Å². The van der Waals surface area contributed by atoms with E-state index in [9.17, 15) is 9.59 Å². The fraction of sp³-hybridized carbons (Fsp3) is 0.562. The van der Waals surface area contributed by atoms with E-state index in [0.29, 0.717) is 22.8 Å². The summed E-state index contributed by atoms with van der Waals surface area (Å²) in [7, 11) is 0. The average Bonchev–Trinajstić information content (AvgIpc) is 2.82. The largest absolute Gasteiger partial charge is 0.458 e. The van der Waals surface area contributed by atoms with Crippen molar-refractivity contribution in [2.75, 3.05) is 0 Å². The van der Waals surface area contributed by atoms with Crippen LogP contribution in [0.1, 0.15) is 100 Å². The Morgan fingerprint density at radius 1 is 0.974 bits per heavy atom. The third-order valence-electron chi connectivity index (χ3n) is 9.07. The van der Waals surface area contributed by atoms with E-state index < -0.39 is 30.3 Å². The standard InChI is InChI=1S/C32H39ClO5/c1-5-28-19(2)29(36-20(3)34)31(37-21(4)35)30(38-28)24-11-12-27(33)25(16-24)15-22-7-9-23(10-8-22)26-17-32(18-26)13-6-14-32/h7-12,16,19,26,28-31H,5-6,13-15,17-18H2,1-4H3/t19-,28-,29+,30?,31-/m1/s1. The summed E-state index contributed by atoms with van der Waals surface area (Å²) in [6.45, 7) is 6.76. The van der Waals surface area contributed by atoms with Crippen molar-refractivity contribution in [1.29, 1.82) is 0 Å². The lowest BCUT2D eigenvalue weighted by molar-refractivity contribution is -0.225. The number of rotatable bonds is 7.